The van der Waals surface area contributed by atoms with Crippen molar-refractivity contribution in [3.63, 3.8) is 0 Å². The average molecular weight is 511 g/mol. The Morgan fingerprint density at radius 3 is 2.36 bits per heavy atom. The minimum absolute atomic E-state index is 0.0622. The molecule has 0 bridgehead atoms. The van der Waals surface area contributed by atoms with Gasteiger partial charge >= 0.3 is 18.8 Å². The summed E-state index contributed by atoms with van der Waals surface area (Å²) in [5.74, 6) is -2.72. The molecular formula is C22H15F6N5O3. The number of nitrogens with zero attached hydrogens (tertiary/aromatic N) is 2. The first-order valence-electron chi connectivity index (χ1n) is 10.1. The Kier molecular flexibility index (Phi) is 6.20. The average Bonchev–Trinajstić information content (AvgIpc) is 3.42. The number of alkyl halides is 5. The predicted molar refractivity (Wildman–Crippen MR) is 111 cm³/mol. The van der Waals surface area contributed by atoms with E-state index in [2.05, 4.69) is 15.7 Å². The number of carbonyl (C=O) groups excluding carboxylic acids is 3. The summed E-state index contributed by atoms with van der Waals surface area (Å²) >= 11 is 0. The topological polar surface area (TPSA) is 105 Å². The maximum absolute atomic E-state index is 14.0. The Hall–Kier alpha value is -4.36. The van der Waals surface area contributed by atoms with Gasteiger partial charge in [-0.2, -0.15) is 27.1 Å². The minimum atomic E-state index is -4.61. The first kappa shape index (κ1) is 24.8. The van der Waals surface area contributed by atoms with E-state index in [1.165, 1.54) is 0 Å². The van der Waals surface area contributed by atoms with E-state index in [1.54, 1.807) is 0 Å². The Morgan fingerprint density at radius 1 is 1.08 bits per heavy atom. The first-order chi connectivity index (χ1) is 16.9. The number of carbonyl (C=O) groups is 3. The van der Waals surface area contributed by atoms with Crippen molar-refractivity contribution in [1.29, 1.82) is 0 Å². The summed E-state index contributed by atoms with van der Waals surface area (Å²) in [6.45, 7) is -3.87. The standard InChI is InChI=1S/C22H15F6N5O3/c23-13-5-6-14(15(9-13)11-1-3-12(4-2-11)22(26,27)28)17(34)29-10-21(18(35)31-20(36)32-21)16-7-8-30-33(16)19(24)25/h1-9,19H,10H2,(H,29,34)(H2,31,32,35,36). The monoisotopic (exact) mass is 511 g/mol. The highest BCUT2D eigenvalue weighted by Crippen LogP contribution is 2.33. The number of imide groups is 1. The lowest BCUT2D eigenvalue weighted by molar-refractivity contribution is -0.137. The summed E-state index contributed by atoms with van der Waals surface area (Å²) in [5.41, 5.74) is -3.66. The van der Waals surface area contributed by atoms with Crippen molar-refractivity contribution < 1.29 is 40.7 Å². The van der Waals surface area contributed by atoms with E-state index >= 15 is 0 Å². The lowest BCUT2D eigenvalue weighted by Crippen LogP contribution is -2.53. The SMILES string of the molecule is O=C1NC(=O)C(CNC(=O)c2ccc(F)cc2-c2ccc(C(F)(F)F)cc2)(c2ccnn2C(F)F)N1. The maximum atomic E-state index is 14.0. The highest BCUT2D eigenvalue weighted by atomic mass is 19.4. The highest BCUT2D eigenvalue weighted by molar-refractivity contribution is 6.08. The van der Waals surface area contributed by atoms with Crippen LogP contribution in [0.3, 0.4) is 0 Å². The molecule has 2 heterocycles. The molecule has 1 aliphatic rings. The smallest absolute Gasteiger partial charge is 0.349 e. The minimum Gasteiger partial charge on any atom is -0.349 e. The third-order valence-corrected chi connectivity index (χ3v) is 5.50. The van der Waals surface area contributed by atoms with Crippen LogP contribution in [0.25, 0.3) is 11.1 Å². The van der Waals surface area contributed by atoms with Crippen LogP contribution in [-0.4, -0.2) is 34.2 Å². The van der Waals surface area contributed by atoms with E-state index < -0.39 is 59.7 Å². The normalized spacial score (nSPS) is 17.8. The van der Waals surface area contributed by atoms with Crippen LogP contribution in [0.1, 0.15) is 28.2 Å². The van der Waals surface area contributed by atoms with Gasteiger partial charge in [-0.05, 0) is 47.5 Å². The fourth-order valence-electron chi connectivity index (χ4n) is 3.79. The Morgan fingerprint density at radius 2 is 1.78 bits per heavy atom. The van der Waals surface area contributed by atoms with E-state index in [1.807, 2.05) is 5.32 Å². The zero-order valence-electron chi connectivity index (χ0n) is 17.9. The van der Waals surface area contributed by atoms with Crippen LogP contribution in [0.5, 0.6) is 0 Å². The Bertz CT molecular complexity index is 1340. The zero-order valence-corrected chi connectivity index (χ0v) is 17.9. The van der Waals surface area contributed by atoms with Gasteiger partial charge in [-0.15, -0.1) is 0 Å². The molecular weight excluding hydrogens is 496 g/mol. The number of benzene rings is 2. The summed E-state index contributed by atoms with van der Waals surface area (Å²) in [7, 11) is 0. The predicted octanol–water partition coefficient (Wildman–Crippen LogP) is 3.57. The zero-order chi connectivity index (χ0) is 26.3. The van der Waals surface area contributed by atoms with E-state index in [0.29, 0.717) is 0 Å². The molecule has 1 aromatic heterocycles. The molecule has 0 aliphatic carbocycles. The van der Waals surface area contributed by atoms with Crippen molar-refractivity contribution in [2.24, 2.45) is 0 Å². The van der Waals surface area contributed by atoms with Gasteiger partial charge in [-0.1, -0.05) is 12.1 Å². The molecule has 3 N–H and O–H groups in total. The molecule has 0 spiro atoms. The highest BCUT2D eigenvalue weighted by Gasteiger charge is 2.51. The van der Waals surface area contributed by atoms with Crippen LogP contribution in [0.2, 0.25) is 0 Å². The van der Waals surface area contributed by atoms with Gasteiger partial charge in [0.1, 0.15) is 5.82 Å². The van der Waals surface area contributed by atoms with Crippen LogP contribution in [0.4, 0.5) is 31.1 Å². The summed E-state index contributed by atoms with van der Waals surface area (Å²) < 4.78 is 79.7. The van der Waals surface area contributed by atoms with Crippen molar-refractivity contribution in [3.8, 4) is 11.1 Å². The molecule has 1 unspecified atom stereocenters. The molecule has 2 aromatic carbocycles. The van der Waals surface area contributed by atoms with Gasteiger partial charge < -0.3 is 10.6 Å². The number of aromatic nitrogens is 2. The second-order valence-electron chi connectivity index (χ2n) is 7.70. The van der Waals surface area contributed by atoms with Gasteiger partial charge in [0.05, 0.1) is 17.8 Å². The second-order valence-corrected chi connectivity index (χ2v) is 7.70. The third-order valence-electron chi connectivity index (χ3n) is 5.50. The quantitative estimate of drug-likeness (QED) is 0.348. The van der Waals surface area contributed by atoms with Gasteiger partial charge in [0.25, 0.3) is 11.8 Å². The maximum Gasteiger partial charge on any atom is 0.416 e. The number of hydrogen-bond acceptors (Lipinski definition) is 4. The van der Waals surface area contributed by atoms with E-state index in [-0.39, 0.29) is 21.4 Å². The molecule has 36 heavy (non-hydrogen) atoms. The Balaban J connectivity index is 1.66. The summed E-state index contributed by atoms with van der Waals surface area (Å²) in [6.07, 6.45) is -3.63. The van der Waals surface area contributed by atoms with Crippen LogP contribution < -0.4 is 16.0 Å². The number of halogens is 6. The number of hydrogen-bond donors (Lipinski definition) is 3. The van der Waals surface area contributed by atoms with E-state index in [0.717, 1.165) is 54.7 Å². The number of urea groups is 1. The molecule has 4 rings (SSSR count). The molecule has 0 saturated carbocycles. The van der Waals surface area contributed by atoms with Gasteiger partial charge in [0, 0.05) is 11.8 Å². The van der Waals surface area contributed by atoms with E-state index in [4.69, 9.17) is 0 Å². The Labute approximate surface area is 198 Å². The molecule has 1 saturated heterocycles. The van der Waals surface area contributed by atoms with Gasteiger partial charge in [0.2, 0.25) is 0 Å². The molecule has 0 radical (unpaired) electrons. The van der Waals surface area contributed by atoms with Crippen molar-refractivity contribution >= 4 is 17.8 Å². The van der Waals surface area contributed by atoms with Gasteiger partial charge in [0.15, 0.2) is 5.54 Å². The molecule has 4 amide bonds. The second kappa shape index (κ2) is 9.02. The van der Waals surface area contributed by atoms with E-state index in [9.17, 15) is 40.7 Å². The fourth-order valence-corrected chi connectivity index (χ4v) is 3.79. The van der Waals surface area contributed by atoms with Gasteiger partial charge in [-0.25, -0.2) is 13.9 Å². The molecule has 1 atom stereocenters. The molecule has 188 valence electrons. The fraction of sp³-hybridized carbons (Fsp3) is 0.182. The number of amides is 4. The third kappa shape index (κ3) is 4.48. The summed E-state index contributed by atoms with van der Waals surface area (Å²) in [4.78, 5) is 37.5. The van der Waals surface area contributed by atoms with Crippen molar-refractivity contribution in [2.75, 3.05) is 6.54 Å². The first-order valence-corrected chi connectivity index (χ1v) is 10.1. The molecule has 8 nitrogen and oxygen atoms in total. The van der Waals surface area contributed by atoms with Crippen LogP contribution in [0.15, 0.2) is 54.7 Å². The molecule has 3 aromatic rings. The molecule has 1 fully saturated rings. The van der Waals surface area contributed by atoms with Crippen LogP contribution >= 0.6 is 0 Å². The van der Waals surface area contributed by atoms with Gasteiger partial charge in [-0.3, -0.25) is 14.9 Å². The molecule has 14 heteroatoms. The van der Waals surface area contributed by atoms with Crippen molar-refractivity contribution in [1.82, 2.24) is 25.7 Å². The number of nitrogens with one attached hydrogen (secondary N) is 3. The largest absolute Gasteiger partial charge is 0.416 e. The lowest BCUT2D eigenvalue weighted by Gasteiger charge is -2.27. The summed E-state index contributed by atoms with van der Waals surface area (Å²) in [6, 6.07) is 6.65. The lowest BCUT2D eigenvalue weighted by atomic mass is 9.94. The number of rotatable bonds is 6. The summed E-state index contributed by atoms with van der Waals surface area (Å²) in [5, 5.41) is 9.93. The van der Waals surface area contributed by atoms with Crippen LogP contribution in [-0.2, 0) is 16.5 Å². The van der Waals surface area contributed by atoms with Crippen LogP contribution in [0, 0.1) is 5.82 Å². The molecule has 1 aliphatic heterocycles. The van der Waals surface area contributed by atoms with Crippen molar-refractivity contribution in [2.45, 2.75) is 18.3 Å². The van der Waals surface area contributed by atoms with Crippen molar-refractivity contribution in [3.05, 3.63) is 77.4 Å².